The molecule has 2 amide bonds. The van der Waals surface area contributed by atoms with Crippen molar-refractivity contribution in [2.75, 3.05) is 31.9 Å². The predicted octanol–water partition coefficient (Wildman–Crippen LogP) is 3.17. The van der Waals surface area contributed by atoms with Gasteiger partial charge in [0.2, 0.25) is 0 Å². The Morgan fingerprint density at radius 2 is 1.92 bits per heavy atom. The molecule has 38 heavy (non-hydrogen) atoms. The molecule has 0 atom stereocenters. The second kappa shape index (κ2) is 9.77. The molecule has 6 rings (SSSR count). The molecular formula is C27H32FN7O2S. The molecule has 3 aromatic rings. The van der Waals surface area contributed by atoms with Gasteiger partial charge in [-0.15, -0.1) is 21.5 Å². The minimum atomic E-state index is -1.84. The van der Waals surface area contributed by atoms with Crippen LogP contribution in [0.25, 0.3) is 5.00 Å². The van der Waals surface area contributed by atoms with Gasteiger partial charge in [-0.05, 0) is 48.9 Å². The number of carbonyl (C=O) groups excluding carboxylic acids is 2. The SMILES string of the molecule is Cc1nnc2n1-c1sccc1C(=O)N(C1CCN(C(=O)C3(F)CCN(Cc4cccc(N)c4)CC3)CC1)C2. The quantitative estimate of drug-likeness (QED) is 0.513. The summed E-state index contributed by atoms with van der Waals surface area (Å²) in [6.45, 7) is 4.89. The smallest absolute Gasteiger partial charge is 0.260 e. The Morgan fingerprint density at radius 1 is 1.16 bits per heavy atom. The van der Waals surface area contributed by atoms with Gasteiger partial charge in [0.1, 0.15) is 10.8 Å². The van der Waals surface area contributed by atoms with E-state index >= 15 is 4.39 Å². The topological polar surface area (TPSA) is 101 Å². The molecule has 11 heteroatoms. The van der Waals surface area contributed by atoms with Crippen LogP contribution in [0.4, 0.5) is 10.1 Å². The third-order valence-corrected chi connectivity index (χ3v) is 9.02. The number of amides is 2. The van der Waals surface area contributed by atoms with Gasteiger partial charge in [-0.3, -0.25) is 19.1 Å². The third kappa shape index (κ3) is 4.47. The molecule has 2 N–H and O–H groups in total. The first-order valence-corrected chi connectivity index (χ1v) is 14.1. The van der Waals surface area contributed by atoms with Gasteiger partial charge in [0.25, 0.3) is 11.8 Å². The first kappa shape index (κ1) is 25.0. The monoisotopic (exact) mass is 537 g/mol. The van der Waals surface area contributed by atoms with Gasteiger partial charge in [0.05, 0.1) is 12.1 Å². The molecule has 5 heterocycles. The average Bonchev–Trinajstić information content (AvgIpc) is 3.51. The number of alkyl halides is 1. The van der Waals surface area contributed by atoms with E-state index in [0.29, 0.717) is 63.4 Å². The second-order valence-corrected chi connectivity index (χ2v) is 11.5. The van der Waals surface area contributed by atoms with E-state index in [1.807, 2.05) is 52.1 Å². The van der Waals surface area contributed by atoms with E-state index in [0.717, 1.165) is 22.2 Å². The molecule has 3 aliphatic rings. The van der Waals surface area contributed by atoms with Crippen LogP contribution >= 0.6 is 11.3 Å². The molecule has 0 saturated carbocycles. The minimum Gasteiger partial charge on any atom is -0.399 e. The Hall–Kier alpha value is -3.31. The van der Waals surface area contributed by atoms with E-state index in [9.17, 15) is 9.59 Å². The van der Waals surface area contributed by atoms with Crippen LogP contribution in [0.2, 0.25) is 0 Å². The number of carbonyl (C=O) groups is 2. The van der Waals surface area contributed by atoms with Crippen molar-refractivity contribution < 1.29 is 14.0 Å². The minimum absolute atomic E-state index is 0.0227. The molecule has 0 unspecified atom stereocenters. The van der Waals surface area contributed by atoms with E-state index in [1.54, 1.807) is 4.90 Å². The van der Waals surface area contributed by atoms with E-state index in [4.69, 9.17) is 5.73 Å². The van der Waals surface area contributed by atoms with Gasteiger partial charge < -0.3 is 15.5 Å². The summed E-state index contributed by atoms with van der Waals surface area (Å²) in [5, 5.41) is 11.3. The lowest BCUT2D eigenvalue weighted by Gasteiger charge is -2.42. The standard InChI is InChI=1S/C27H32FN7O2S/c1-18-30-31-23-17-34(24(36)22-7-14-38-25(22)35(18)23)21-5-10-33(11-6-21)26(37)27(28)8-12-32(13-9-27)16-19-3-2-4-20(29)15-19/h2-4,7,14-15,21H,5-6,8-13,16-17,29H2,1H3. The fourth-order valence-corrected chi connectivity index (χ4v) is 6.94. The summed E-state index contributed by atoms with van der Waals surface area (Å²) in [6, 6.07) is 9.54. The van der Waals surface area contributed by atoms with Crippen LogP contribution in [0.3, 0.4) is 0 Å². The number of anilines is 1. The number of nitrogens with two attached hydrogens (primary N) is 1. The number of fused-ring (bicyclic) bond motifs is 3. The number of nitrogen functional groups attached to an aromatic ring is 1. The number of halogens is 1. The predicted molar refractivity (Wildman–Crippen MR) is 143 cm³/mol. The fourth-order valence-electron chi connectivity index (χ4n) is 5.98. The summed E-state index contributed by atoms with van der Waals surface area (Å²) in [5.74, 6) is 1.07. The summed E-state index contributed by atoms with van der Waals surface area (Å²) in [6.07, 6.45) is 1.60. The lowest BCUT2D eigenvalue weighted by molar-refractivity contribution is -0.149. The van der Waals surface area contributed by atoms with E-state index in [-0.39, 0.29) is 24.8 Å². The molecule has 0 bridgehead atoms. The maximum Gasteiger partial charge on any atom is 0.260 e. The number of nitrogens with zero attached hydrogens (tertiary/aromatic N) is 6. The van der Waals surface area contributed by atoms with Gasteiger partial charge in [-0.25, -0.2) is 4.39 Å². The highest BCUT2D eigenvalue weighted by Gasteiger charge is 2.45. The average molecular weight is 538 g/mol. The van der Waals surface area contributed by atoms with Crippen LogP contribution in [0.1, 0.15) is 53.3 Å². The zero-order chi connectivity index (χ0) is 26.4. The fraction of sp³-hybridized carbons (Fsp3) is 0.481. The van der Waals surface area contributed by atoms with Crippen LogP contribution in [-0.4, -0.2) is 79.2 Å². The Bertz CT molecular complexity index is 1350. The number of piperidine rings is 2. The van der Waals surface area contributed by atoms with Crippen molar-refractivity contribution >= 4 is 28.8 Å². The van der Waals surface area contributed by atoms with E-state index in [1.165, 1.54) is 11.3 Å². The van der Waals surface area contributed by atoms with Crippen molar-refractivity contribution in [1.82, 2.24) is 29.5 Å². The van der Waals surface area contributed by atoms with Crippen LogP contribution in [0.15, 0.2) is 35.7 Å². The van der Waals surface area contributed by atoms with Crippen molar-refractivity contribution in [3.8, 4) is 5.00 Å². The highest BCUT2D eigenvalue weighted by molar-refractivity contribution is 7.13. The molecule has 200 valence electrons. The largest absolute Gasteiger partial charge is 0.399 e. The Morgan fingerprint density at radius 3 is 2.66 bits per heavy atom. The number of likely N-dealkylation sites (tertiary alicyclic amines) is 2. The first-order chi connectivity index (χ1) is 18.3. The summed E-state index contributed by atoms with van der Waals surface area (Å²) in [7, 11) is 0. The van der Waals surface area contributed by atoms with Crippen molar-refractivity contribution in [2.24, 2.45) is 0 Å². The van der Waals surface area contributed by atoms with Gasteiger partial charge in [-0.2, -0.15) is 0 Å². The molecule has 0 radical (unpaired) electrons. The molecule has 3 aliphatic heterocycles. The van der Waals surface area contributed by atoms with Crippen LogP contribution in [0, 0.1) is 6.92 Å². The third-order valence-electron chi connectivity index (χ3n) is 8.12. The molecule has 2 saturated heterocycles. The highest BCUT2D eigenvalue weighted by Crippen LogP contribution is 2.34. The van der Waals surface area contributed by atoms with Crippen LogP contribution in [0.5, 0.6) is 0 Å². The maximum atomic E-state index is 15.9. The zero-order valence-corrected chi connectivity index (χ0v) is 22.3. The number of aryl methyl sites for hydroxylation is 1. The molecule has 1 aromatic carbocycles. The normalized spacial score (nSPS) is 20.2. The van der Waals surface area contributed by atoms with Gasteiger partial charge in [-0.1, -0.05) is 12.1 Å². The zero-order valence-electron chi connectivity index (χ0n) is 21.5. The van der Waals surface area contributed by atoms with Crippen LogP contribution < -0.4 is 5.73 Å². The van der Waals surface area contributed by atoms with Gasteiger partial charge in [0.15, 0.2) is 11.5 Å². The molecule has 2 fully saturated rings. The molecular weight excluding hydrogens is 505 g/mol. The van der Waals surface area contributed by atoms with Crippen molar-refractivity contribution in [3.63, 3.8) is 0 Å². The summed E-state index contributed by atoms with van der Waals surface area (Å²) in [5.41, 5.74) is 6.51. The van der Waals surface area contributed by atoms with Crippen LogP contribution in [-0.2, 0) is 17.9 Å². The number of hydrogen-bond acceptors (Lipinski definition) is 7. The number of benzene rings is 1. The van der Waals surface area contributed by atoms with Crippen molar-refractivity contribution in [3.05, 3.63) is 58.5 Å². The molecule has 9 nitrogen and oxygen atoms in total. The Kier molecular flexibility index (Phi) is 6.43. The Labute approximate surface area is 225 Å². The first-order valence-electron chi connectivity index (χ1n) is 13.2. The van der Waals surface area contributed by atoms with Crippen molar-refractivity contribution in [1.29, 1.82) is 0 Å². The highest BCUT2D eigenvalue weighted by atomic mass is 32.1. The summed E-state index contributed by atoms with van der Waals surface area (Å²) < 4.78 is 17.8. The maximum absolute atomic E-state index is 15.9. The van der Waals surface area contributed by atoms with Gasteiger partial charge >= 0.3 is 0 Å². The van der Waals surface area contributed by atoms with Crippen molar-refractivity contribution in [2.45, 2.75) is 57.4 Å². The summed E-state index contributed by atoms with van der Waals surface area (Å²) >= 11 is 1.51. The number of thiophene rings is 1. The Balaban J connectivity index is 1.08. The lowest BCUT2D eigenvalue weighted by atomic mass is 9.90. The van der Waals surface area contributed by atoms with E-state index < -0.39 is 11.6 Å². The molecule has 2 aromatic heterocycles. The summed E-state index contributed by atoms with van der Waals surface area (Å²) in [4.78, 5) is 32.5. The number of aromatic nitrogens is 3. The number of rotatable bonds is 4. The van der Waals surface area contributed by atoms with E-state index in [2.05, 4.69) is 15.1 Å². The molecule has 0 aliphatic carbocycles. The lowest BCUT2D eigenvalue weighted by Crippen LogP contribution is -2.55. The molecule has 0 spiro atoms. The number of hydrogen-bond donors (Lipinski definition) is 1. The second-order valence-electron chi connectivity index (χ2n) is 10.6. The van der Waals surface area contributed by atoms with Gasteiger partial charge in [0, 0.05) is 57.3 Å².